The van der Waals surface area contributed by atoms with E-state index in [0.29, 0.717) is 0 Å². The summed E-state index contributed by atoms with van der Waals surface area (Å²) in [6, 6.07) is 9.27. The Kier molecular flexibility index (Phi) is 2.31. The maximum Gasteiger partial charge on any atom is 0.241 e. The normalized spacial score (nSPS) is 12.5. The molecule has 0 N–H and O–H groups in total. The van der Waals surface area contributed by atoms with Gasteiger partial charge < -0.3 is 0 Å². The molecular weight excluding hydrogens is 210 g/mol. The minimum atomic E-state index is -3.24. The number of fused-ring (bicyclic) bond motifs is 1. The first-order valence-corrected chi connectivity index (χ1v) is 6.34. The van der Waals surface area contributed by atoms with Gasteiger partial charge in [-0.15, -0.1) is 0 Å². The zero-order valence-electron chi connectivity index (χ0n) is 8.71. The minimum absolute atomic E-state index is 0.409. The van der Waals surface area contributed by atoms with Gasteiger partial charge in [-0.05, 0) is 26.0 Å². The van der Waals surface area contributed by atoms with Crippen molar-refractivity contribution >= 4 is 20.9 Å². The summed E-state index contributed by atoms with van der Waals surface area (Å²) in [4.78, 5) is 0. The van der Waals surface area contributed by atoms with E-state index >= 15 is 0 Å². The Morgan fingerprint density at radius 3 is 2.47 bits per heavy atom. The van der Waals surface area contributed by atoms with Crippen LogP contribution in [0.5, 0.6) is 0 Å². The van der Waals surface area contributed by atoms with Gasteiger partial charge in [0, 0.05) is 11.6 Å². The van der Waals surface area contributed by atoms with Gasteiger partial charge in [0.25, 0.3) is 0 Å². The van der Waals surface area contributed by atoms with Gasteiger partial charge in [-0.25, -0.2) is 12.4 Å². The van der Waals surface area contributed by atoms with E-state index in [4.69, 9.17) is 0 Å². The average Bonchev–Trinajstić information content (AvgIpc) is 2.61. The first-order valence-electron chi connectivity index (χ1n) is 4.84. The number of nitrogens with zero attached hydrogens (tertiary/aromatic N) is 1. The molecule has 2 rings (SSSR count). The highest BCUT2D eigenvalue weighted by atomic mass is 32.2. The molecule has 80 valence electrons. The Labute approximate surface area is 89.4 Å². The van der Waals surface area contributed by atoms with Crippen molar-refractivity contribution < 1.29 is 8.42 Å². The van der Waals surface area contributed by atoms with E-state index in [9.17, 15) is 8.42 Å². The summed E-state index contributed by atoms with van der Waals surface area (Å²) in [6.07, 6.45) is 1.61. The Bertz CT molecular complexity index is 581. The van der Waals surface area contributed by atoms with E-state index in [2.05, 4.69) is 0 Å². The summed E-state index contributed by atoms with van der Waals surface area (Å²) in [5.41, 5.74) is 0.742. The third-order valence-electron chi connectivity index (χ3n) is 2.43. The lowest BCUT2D eigenvalue weighted by atomic mass is 10.3. The molecular formula is C11H13NO2S. The smallest absolute Gasteiger partial charge is 0.241 e. The van der Waals surface area contributed by atoms with E-state index in [0.717, 1.165) is 10.9 Å². The van der Waals surface area contributed by atoms with E-state index in [1.807, 2.05) is 30.3 Å². The maximum atomic E-state index is 12.0. The van der Waals surface area contributed by atoms with Gasteiger partial charge >= 0.3 is 0 Å². The molecule has 1 aromatic carbocycles. The van der Waals surface area contributed by atoms with Gasteiger partial charge in [0.2, 0.25) is 10.0 Å². The van der Waals surface area contributed by atoms with Crippen molar-refractivity contribution in [1.82, 2.24) is 3.97 Å². The van der Waals surface area contributed by atoms with Gasteiger partial charge in [-0.1, -0.05) is 18.2 Å². The molecule has 0 aliphatic rings. The molecule has 0 aliphatic carbocycles. The zero-order chi connectivity index (χ0) is 11.1. The Morgan fingerprint density at radius 1 is 1.13 bits per heavy atom. The van der Waals surface area contributed by atoms with Gasteiger partial charge in [0.1, 0.15) is 0 Å². The second-order valence-electron chi connectivity index (χ2n) is 3.76. The minimum Gasteiger partial charge on any atom is -0.245 e. The fourth-order valence-corrected chi connectivity index (χ4v) is 2.63. The van der Waals surface area contributed by atoms with Crippen LogP contribution >= 0.6 is 0 Å². The predicted molar refractivity (Wildman–Crippen MR) is 61.4 cm³/mol. The third-order valence-corrected chi connectivity index (χ3v) is 4.49. The molecule has 0 fully saturated rings. The van der Waals surface area contributed by atoms with Gasteiger partial charge in [-0.3, -0.25) is 0 Å². The van der Waals surface area contributed by atoms with Crippen LogP contribution in [0.1, 0.15) is 13.8 Å². The molecule has 0 spiro atoms. The monoisotopic (exact) mass is 223 g/mol. The second kappa shape index (κ2) is 3.38. The molecule has 0 radical (unpaired) electrons. The van der Waals surface area contributed by atoms with Crippen molar-refractivity contribution in [3.63, 3.8) is 0 Å². The van der Waals surface area contributed by atoms with Crippen molar-refractivity contribution in [2.75, 3.05) is 0 Å². The van der Waals surface area contributed by atoms with E-state index in [1.54, 1.807) is 20.0 Å². The zero-order valence-corrected chi connectivity index (χ0v) is 9.53. The summed E-state index contributed by atoms with van der Waals surface area (Å²) in [5.74, 6) is 0. The van der Waals surface area contributed by atoms with Crippen LogP contribution in [0.3, 0.4) is 0 Å². The maximum absolute atomic E-state index is 12.0. The lowest BCUT2D eigenvalue weighted by Gasteiger charge is -2.09. The molecule has 3 nitrogen and oxygen atoms in total. The Morgan fingerprint density at radius 2 is 1.80 bits per heavy atom. The topological polar surface area (TPSA) is 39.1 Å². The highest BCUT2D eigenvalue weighted by Crippen LogP contribution is 2.19. The fourth-order valence-electron chi connectivity index (χ4n) is 1.51. The molecule has 15 heavy (non-hydrogen) atoms. The van der Waals surface area contributed by atoms with Crippen LogP contribution in [-0.2, 0) is 10.0 Å². The first-order chi connectivity index (χ1) is 7.03. The fraction of sp³-hybridized carbons (Fsp3) is 0.273. The molecule has 0 saturated carbocycles. The Hall–Kier alpha value is -1.29. The van der Waals surface area contributed by atoms with Crippen molar-refractivity contribution in [3.05, 3.63) is 36.5 Å². The average molecular weight is 223 g/mol. The Balaban J connectivity index is 2.74. The molecule has 1 aromatic heterocycles. The third kappa shape index (κ3) is 1.55. The molecule has 1 heterocycles. The largest absolute Gasteiger partial charge is 0.245 e. The van der Waals surface area contributed by atoms with Gasteiger partial charge in [0.15, 0.2) is 0 Å². The molecule has 4 heteroatoms. The summed E-state index contributed by atoms with van der Waals surface area (Å²) in [5, 5.41) is 0.537. The standard InChI is InChI=1S/C11H13NO2S/c1-9(2)15(13,14)12-8-7-10-5-3-4-6-11(10)12/h3-9H,1-2H3. The molecule has 0 aliphatic heterocycles. The summed E-state index contributed by atoms with van der Waals surface area (Å²) >= 11 is 0. The van der Waals surface area contributed by atoms with Crippen LogP contribution in [-0.4, -0.2) is 17.6 Å². The number of rotatable bonds is 2. The van der Waals surface area contributed by atoms with Crippen molar-refractivity contribution in [1.29, 1.82) is 0 Å². The van der Waals surface area contributed by atoms with Crippen LogP contribution in [0, 0.1) is 0 Å². The van der Waals surface area contributed by atoms with E-state index < -0.39 is 15.3 Å². The number of benzene rings is 1. The van der Waals surface area contributed by atoms with E-state index in [-0.39, 0.29) is 0 Å². The quantitative estimate of drug-likeness (QED) is 0.783. The van der Waals surface area contributed by atoms with Crippen molar-refractivity contribution in [2.45, 2.75) is 19.1 Å². The number of hydrogen-bond acceptors (Lipinski definition) is 2. The SMILES string of the molecule is CC(C)S(=O)(=O)n1ccc2ccccc21. The van der Waals surface area contributed by atoms with Crippen LogP contribution in [0.15, 0.2) is 36.5 Å². The van der Waals surface area contributed by atoms with Gasteiger partial charge in [0.05, 0.1) is 10.8 Å². The number of aromatic nitrogens is 1. The van der Waals surface area contributed by atoms with Crippen molar-refractivity contribution in [3.8, 4) is 0 Å². The molecule has 2 aromatic rings. The summed E-state index contributed by atoms with van der Waals surface area (Å²) in [7, 11) is -3.24. The predicted octanol–water partition coefficient (Wildman–Crippen LogP) is 2.23. The van der Waals surface area contributed by atoms with E-state index in [1.165, 1.54) is 3.97 Å². The first kappa shape index (κ1) is 10.2. The summed E-state index contributed by atoms with van der Waals surface area (Å²) in [6.45, 7) is 3.37. The molecule has 0 unspecified atom stereocenters. The van der Waals surface area contributed by atoms with Crippen LogP contribution < -0.4 is 0 Å². The lowest BCUT2D eigenvalue weighted by Crippen LogP contribution is -2.21. The van der Waals surface area contributed by atoms with Crippen LogP contribution in [0.2, 0.25) is 0 Å². The number of hydrogen-bond donors (Lipinski definition) is 0. The lowest BCUT2D eigenvalue weighted by molar-refractivity contribution is 0.580. The van der Waals surface area contributed by atoms with Gasteiger partial charge in [-0.2, -0.15) is 0 Å². The molecule has 0 bridgehead atoms. The second-order valence-corrected chi connectivity index (χ2v) is 6.13. The van der Waals surface area contributed by atoms with Crippen LogP contribution in [0.25, 0.3) is 10.9 Å². The highest BCUT2D eigenvalue weighted by molar-refractivity contribution is 7.90. The molecule has 0 saturated heterocycles. The molecule has 0 amide bonds. The van der Waals surface area contributed by atoms with Crippen molar-refractivity contribution in [2.24, 2.45) is 0 Å². The summed E-state index contributed by atoms with van der Waals surface area (Å²) < 4.78 is 25.3. The number of para-hydroxylation sites is 1. The van der Waals surface area contributed by atoms with Crippen LogP contribution in [0.4, 0.5) is 0 Å². The molecule has 0 atom stereocenters. The highest BCUT2D eigenvalue weighted by Gasteiger charge is 2.19.